The zero-order chi connectivity index (χ0) is 30.2. The summed E-state index contributed by atoms with van der Waals surface area (Å²) in [5.41, 5.74) is 1.64. The van der Waals surface area contributed by atoms with Crippen molar-refractivity contribution in [2.24, 2.45) is 0 Å². The smallest absolute Gasteiger partial charge is 0.269 e. The molecule has 3 aromatic rings. The summed E-state index contributed by atoms with van der Waals surface area (Å²) < 4.78 is 28.6. The number of hydrogen-bond donors (Lipinski definition) is 1. The Kier molecular flexibility index (Phi) is 10.6. The quantitative estimate of drug-likeness (QED) is 0.228. The first-order chi connectivity index (χ1) is 19.5. The van der Waals surface area contributed by atoms with Gasteiger partial charge in [0, 0.05) is 24.7 Å². The molecule has 11 heteroatoms. The van der Waals surface area contributed by atoms with Gasteiger partial charge in [0.15, 0.2) is 0 Å². The van der Waals surface area contributed by atoms with Crippen LogP contribution in [0.25, 0.3) is 0 Å². The molecule has 0 bridgehead atoms. The Hall–Kier alpha value is -4.25. The third-order valence-electron chi connectivity index (χ3n) is 6.78. The van der Waals surface area contributed by atoms with Crippen LogP contribution in [0.3, 0.4) is 0 Å². The molecule has 3 rings (SSSR count). The van der Waals surface area contributed by atoms with Crippen LogP contribution in [0.2, 0.25) is 0 Å². The van der Waals surface area contributed by atoms with Crippen molar-refractivity contribution in [1.82, 2.24) is 10.2 Å². The number of anilines is 1. The highest BCUT2D eigenvalue weighted by molar-refractivity contribution is 7.92. The van der Waals surface area contributed by atoms with Gasteiger partial charge in [0.25, 0.3) is 15.7 Å². The predicted octanol–water partition coefficient (Wildman–Crippen LogP) is 4.82. The molecule has 218 valence electrons. The minimum Gasteiger partial charge on any atom is -0.352 e. The molecule has 2 amide bonds. The summed E-state index contributed by atoms with van der Waals surface area (Å²) in [5.74, 6) is -0.911. The van der Waals surface area contributed by atoms with Crippen LogP contribution in [0.5, 0.6) is 0 Å². The summed E-state index contributed by atoms with van der Waals surface area (Å²) in [6.07, 6.45) is 1.01. The van der Waals surface area contributed by atoms with Crippen LogP contribution in [0.4, 0.5) is 11.4 Å². The first kappa shape index (κ1) is 31.3. The number of nitro groups is 1. The number of carbonyl (C=O) groups excluding carboxylic acids is 2. The number of hydrogen-bond acceptors (Lipinski definition) is 6. The van der Waals surface area contributed by atoms with Gasteiger partial charge in [-0.25, -0.2) is 8.42 Å². The van der Waals surface area contributed by atoms with E-state index in [0.29, 0.717) is 12.8 Å². The van der Waals surface area contributed by atoms with Crippen LogP contribution in [-0.2, 0) is 26.2 Å². The van der Waals surface area contributed by atoms with E-state index in [4.69, 9.17) is 0 Å². The number of nitrogens with zero attached hydrogens (tertiary/aromatic N) is 3. The van der Waals surface area contributed by atoms with E-state index in [1.807, 2.05) is 45.0 Å². The molecule has 0 heterocycles. The SMILES string of the molecule is CC[C@H](C)NC(=O)[C@H](CC)N(Cc1cccc(C)c1)C(=O)CN(c1ccc([N+](=O)[O-])cc1)S(=O)(=O)c1ccccc1. The van der Waals surface area contributed by atoms with Crippen molar-refractivity contribution < 1.29 is 22.9 Å². The third-order valence-corrected chi connectivity index (χ3v) is 8.57. The Morgan fingerprint density at radius 3 is 2.17 bits per heavy atom. The molecule has 0 unspecified atom stereocenters. The third kappa shape index (κ3) is 7.91. The Morgan fingerprint density at radius 1 is 0.951 bits per heavy atom. The minimum absolute atomic E-state index is 0.0436. The lowest BCUT2D eigenvalue weighted by molar-refractivity contribution is -0.384. The number of aryl methyl sites for hydroxylation is 1. The molecule has 41 heavy (non-hydrogen) atoms. The highest BCUT2D eigenvalue weighted by atomic mass is 32.2. The van der Waals surface area contributed by atoms with Crippen LogP contribution in [0, 0.1) is 17.0 Å². The van der Waals surface area contributed by atoms with Gasteiger partial charge in [0.2, 0.25) is 11.8 Å². The van der Waals surface area contributed by atoms with Gasteiger partial charge in [-0.1, -0.05) is 61.9 Å². The highest BCUT2D eigenvalue weighted by Crippen LogP contribution is 2.27. The Morgan fingerprint density at radius 2 is 1.61 bits per heavy atom. The van der Waals surface area contributed by atoms with Crippen molar-refractivity contribution >= 4 is 33.2 Å². The summed E-state index contributed by atoms with van der Waals surface area (Å²) in [6.45, 7) is 7.01. The summed E-state index contributed by atoms with van der Waals surface area (Å²) in [7, 11) is -4.26. The van der Waals surface area contributed by atoms with Crippen molar-refractivity contribution in [3.63, 3.8) is 0 Å². The molecular weight excluding hydrogens is 544 g/mol. The molecule has 10 nitrogen and oxygen atoms in total. The highest BCUT2D eigenvalue weighted by Gasteiger charge is 2.34. The normalized spacial score (nSPS) is 12.7. The molecule has 0 spiro atoms. The van der Waals surface area contributed by atoms with Crippen molar-refractivity contribution in [2.45, 2.75) is 64.1 Å². The van der Waals surface area contributed by atoms with Crippen molar-refractivity contribution in [1.29, 1.82) is 0 Å². The van der Waals surface area contributed by atoms with Gasteiger partial charge in [-0.15, -0.1) is 0 Å². The van der Waals surface area contributed by atoms with Crippen LogP contribution in [0.15, 0.2) is 83.8 Å². The lowest BCUT2D eigenvalue weighted by Gasteiger charge is -2.33. The maximum absolute atomic E-state index is 14.1. The van der Waals surface area contributed by atoms with E-state index < -0.39 is 33.4 Å². The minimum atomic E-state index is -4.26. The number of benzene rings is 3. The first-order valence-electron chi connectivity index (χ1n) is 13.5. The molecule has 2 atom stereocenters. The molecule has 0 aromatic heterocycles. The summed E-state index contributed by atoms with van der Waals surface area (Å²) in [6, 6.07) is 19.2. The molecule has 0 radical (unpaired) electrons. The van der Waals surface area contributed by atoms with Gasteiger partial charge in [-0.3, -0.25) is 24.0 Å². The fourth-order valence-corrected chi connectivity index (χ4v) is 5.79. The average Bonchev–Trinajstić information content (AvgIpc) is 2.96. The van der Waals surface area contributed by atoms with Gasteiger partial charge < -0.3 is 10.2 Å². The summed E-state index contributed by atoms with van der Waals surface area (Å²) in [4.78, 5) is 39.4. The van der Waals surface area contributed by atoms with Gasteiger partial charge in [0.1, 0.15) is 12.6 Å². The van der Waals surface area contributed by atoms with Gasteiger partial charge in [-0.2, -0.15) is 0 Å². The van der Waals surface area contributed by atoms with Crippen molar-refractivity contribution in [3.05, 3.63) is 100 Å². The number of nitro benzene ring substituents is 1. The molecule has 0 aliphatic rings. The summed E-state index contributed by atoms with van der Waals surface area (Å²) >= 11 is 0. The zero-order valence-electron chi connectivity index (χ0n) is 23.7. The number of sulfonamides is 1. The first-order valence-corrected chi connectivity index (χ1v) is 14.9. The topological polar surface area (TPSA) is 130 Å². The predicted molar refractivity (Wildman–Crippen MR) is 158 cm³/mol. The molecule has 1 N–H and O–H groups in total. The average molecular weight is 581 g/mol. The van der Waals surface area contributed by atoms with Gasteiger partial charge in [0.05, 0.1) is 15.5 Å². The number of carbonyl (C=O) groups is 2. The lowest BCUT2D eigenvalue weighted by Crippen LogP contribution is -2.53. The summed E-state index contributed by atoms with van der Waals surface area (Å²) in [5, 5.41) is 14.2. The number of amides is 2. The lowest BCUT2D eigenvalue weighted by atomic mass is 10.1. The number of non-ortho nitro benzene ring substituents is 1. The zero-order valence-corrected chi connectivity index (χ0v) is 24.5. The molecule has 0 saturated heterocycles. The molecule has 3 aromatic carbocycles. The second-order valence-electron chi connectivity index (χ2n) is 9.85. The number of nitrogens with one attached hydrogen (secondary N) is 1. The number of rotatable bonds is 13. The van der Waals surface area contributed by atoms with E-state index >= 15 is 0 Å². The second kappa shape index (κ2) is 13.9. The van der Waals surface area contributed by atoms with Crippen LogP contribution >= 0.6 is 0 Å². The van der Waals surface area contributed by atoms with Crippen molar-refractivity contribution in [3.8, 4) is 0 Å². The Bertz CT molecular complexity index is 1460. The van der Waals surface area contributed by atoms with Crippen molar-refractivity contribution in [2.75, 3.05) is 10.8 Å². The molecule has 0 fully saturated rings. The van der Waals surface area contributed by atoms with Gasteiger partial charge >= 0.3 is 0 Å². The van der Waals surface area contributed by atoms with Crippen LogP contribution < -0.4 is 9.62 Å². The fourth-order valence-electron chi connectivity index (χ4n) is 4.36. The Balaban J connectivity index is 2.07. The molecule has 0 saturated carbocycles. The van der Waals surface area contributed by atoms with Gasteiger partial charge in [-0.05, 0) is 56.5 Å². The van der Waals surface area contributed by atoms with E-state index in [1.54, 1.807) is 25.1 Å². The molecule has 0 aliphatic carbocycles. The van der Waals surface area contributed by atoms with Crippen LogP contribution in [0.1, 0.15) is 44.7 Å². The van der Waals surface area contributed by atoms with E-state index in [-0.39, 0.29) is 34.8 Å². The standard InChI is InChI=1S/C30H36N4O6S/c1-5-23(4)31-30(36)28(6-2)32(20-24-12-10-11-22(3)19-24)29(35)21-33(25-15-17-26(18-16-25)34(37)38)41(39,40)27-13-8-7-9-14-27/h7-19,23,28H,5-6,20-21H2,1-4H3,(H,31,36)/t23-,28-/m0/s1. The second-order valence-corrected chi connectivity index (χ2v) is 11.7. The van der Waals surface area contributed by atoms with E-state index in [2.05, 4.69) is 5.32 Å². The van der Waals surface area contributed by atoms with E-state index in [1.165, 1.54) is 41.3 Å². The monoisotopic (exact) mass is 580 g/mol. The Labute approximate surface area is 241 Å². The van der Waals surface area contributed by atoms with Crippen LogP contribution in [-0.4, -0.2) is 48.7 Å². The van der Waals surface area contributed by atoms with E-state index in [9.17, 15) is 28.1 Å². The maximum Gasteiger partial charge on any atom is 0.269 e. The maximum atomic E-state index is 14.1. The fraction of sp³-hybridized carbons (Fsp3) is 0.333. The largest absolute Gasteiger partial charge is 0.352 e. The molecule has 0 aliphatic heterocycles. The molecular formula is C30H36N4O6S. The van der Waals surface area contributed by atoms with E-state index in [0.717, 1.165) is 15.4 Å².